The molecular formula is C18H21FN2O3S. The zero-order valence-electron chi connectivity index (χ0n) is 14.4. The SMILES string of the molecule is Cc1ccc(N([C@H](C)C(=O)NCc2ccc(F)cc2)S(C)(=O)=O)cc1. The van der Waals surface area contributed by atoms with Crippen molar-refractivity contribution in [3.63, 3.8) is 0 Å². The van der Waals surface area contributed by atoms with Gasteiger partial charge in [0.1, 0.15) is 11.9 Å². The van der Waals surface area contributed by atoms with Gasteiger partial charge < -0.3 is 5.32 Å². The largest absolute Gasteiger partial charge is 0.350 e. The number of rotatable bonds is 6. The van der Waals surface area contributed by atoms with Crippen LogP contribution < -0.4 is 9.62 Å². The Balaban J connectivity index is 2.15. The van der Waals surface area contributed by atoms with Crippen molar-refractivity contribution in [3.8, 4) is 0 Å². The van der Waals surface area contributed by atoms with Gasteiger partial charge in [-0.3, -0.25) is 9.10 Å². The van der Waals surface area contributed by atoms with Crippen molar-refractivity contribution >= 4 is 21.6 Å². The molecule has 0 saturated heterocycles. The van der Waals surface area contributed by atoms with Gasteiger partial charge in [0, 0.05) is 6.54 Å². The molecule has 1 N–H and O–H groups in total. The Labute approximate surface area is 147 Å². The molecule has 1 amide bonds. The van der Waals surface area contributed by atoms with E-state index in [1.54, 1.807) is 36.4 Å². The van der Waals surface area contributed by atoms with Gasteiger partial charge in [0.25, 0.3) is 0 Å². The summed E-state index contributed by atoms with van der Waals surface area (Å²) in [5.41, 5.74) is 2.14. The van der Waals surface area contributed by atoms with E-state index in [9.17, 15) is 17.6 Å². The van der Waals surface area contributed by atoms with Crippen LogP contribution in [0.2, 0.25) is 0 Å². The van der Waals surface area contributed by atoms with Crippen LogP contribution in [0, 0.1) is 12.7 Å². The molecule has 0 aliphatic carbocycles. The molecule has 0 radical (unpaired) electrons. The summed E-state index contributed by atoms with van der Waals surface area (Å²) in [7, 11) is -3.64. The number of sulfonamides is 1. The van der Waals surface area contributed by atoms with Crippen molar-refractivity contribution in [2.24, 2.45) is 0 Å². The fourth-order valence-corrected chi connectivity index (χ4v) is 3.61. The van der Waals surface area contributed by atoms with E-state index in [-0.39, 0.29) is 12.4 Å². The lowest BCUT2D eigenvalue weighted by Gasteiger charge is -2.28. The summed E-state index contributed by atoms with van der Waals surface area (Å²) >= 11 is 0. The van der Waals surface area contributed by atoms with Crippen LogP contribution >= 0.6 is 0 Å². The molecule has 0 bridgehead atoms. The van der Waals surface area contributed by atoms with E-state index in [1.165, 1.54) is 19.1 Å². The summed E-state index contributed by atoms with van der Waals surface area (Å²) in [6.07, 6.45) is 1.07. The number of halogens is 1. The number of benzene rings is 2. The van der Waals surface area contributed by atoms with Gasteiger partial charge in [-0.1, -0.05) is 29.8 Å². The molecule has 2 aromatic rings. The third-order valence-electron chi connectivity index (χ3n) is 3.76. The molecule has 25 heavy (non-hydrogen) atoms. The molecule has 0 aromatic heterocycles. The van der Waals surface area contributed by atoms with Crippen LogP contribution in [0.3, 0.4) is 0 Å². The van der Waals surface area contributed by atoms with Gasteiger partial charge in [0.2, 0.25) is 15.9 Å². The fourth-order valence-electron chi connectivity index (χ4n) is 2.44. The average molecular weight is 364 g/mol. The molecular weight excluding hydrogens is 343 g/mol. The first-order valence-electron chi connectivity index (χ1n) is 7.76. The van der Waals surface area contributed by atoms with Gasteiger partial charge in [0.15, 0.2) is 0 Å². The van der Waals surface area contributed by atoms with Crippen LogP contribution in [0.1, 0.15) is 18.1 Å². The molecule has 1 atom stereocenters. The molecule has 134 valence electrons. The maximum atomic E-state index is 12.9. The van der Waals surface area contributed by atoms with E-state index in [0.29, 0.717) is 5.69 Å². The Kier molecular flexibility index (Phi) is 5.79. The minimum atomic E-state index is -3.64. The first-order valence-corrected chi connectivity index (χ1v) is 9.61. The molecule has 0 unspecified atom stereocenters. The molecule has 7 heteroatoms. The zero-order valence-corrected chi connectivity index (χ0v) is 15.2. The van der Waals surface area contributed by atoms with Crippen LogP contribution in [0.25, 0.3) is 0 Å². The second-order valence-corrected chi connectivity index (χ2v) is 7.77. The van der Waals surface area contributed by atoms with Gasteiger partial charge in [0.05, 0.1) is 11.9 Å². The molecule has 0 aliphatic rings. The van der Waals surface area contributed by atoms with Gasteiger partial charge in [-0.2, -0.15) is 0 Å². The predicted molar refractivity (Wildman–Crippen MR) is 96.2 cm³/mol. The molecule has 0 fully saturated rings. The van der Waals surface area contributed by atoms with Gasteiger partial charge in [-0.15, -0.1) is 0 Å². The first-order chi connectivity index (χ1) is 11.7. The number of nitrogens with zero attached hydrogens (tertiary/aromatic N) is 1. The normalized spacial score (nSPS) is 12.5. The molecule has 0 heterocycles. The van der Waals surface area contributed by atoms with Crippen LogP contribution in [0.4, 0.5) is 10.1 Å². The monoisotopic (exact) mass is 364 g/mol. The second kappa shape index (κ2) is 7.65. The van der Waals surface area contributed by atoms with E-state index in [2.05, 4.69) is 5.32 Å². The van der Waals surface area contributed by atoms with Crippen LogP contribution in [0.15, 0.2) is 48.5 Å². The van der Waals surface area contributed by atoms with E-state index in [1.807, 2.05) is 6.92 Å². The average Bonchev–Trinajstić information content (AvgIpc) is 2.54. The fraction of sp³-hybridized carbons (Fsp3) is 0.278. The number of nitrogens with one attached hydrogen (secondary N) is 1. The summed E-state index contributed by atoms with van der Waals surface area (Å²) in [5, 5.41) is 2.68. The summed E-state index contributed by atoms with van der Waals surface area (Å²) in [5.74, 6) is -0.790. The van der Waals surface area contributed by atoms with Crippen molar-refractivity contribution in [2.45, 2.75) is 26.4 Å². The van der Waals surface area contributed by atoms with Crippen LogP contribution in [-0.4, -0.2) is 26.6 Å². The number of amides is 1. The second-order valence-electron chi connectivity index (χ2n) is 5.91. The van der Waals surface area contributed by atoms with E-state index >= 15 is 0 Å². The Morgan fingerprint density at radius 2 is 1.68 bits per heavy atom. The van der Waals surface area contributed by atoms with Gasteiger partial charge in [-0.05, 0) is 43.7 Å². The highest BCUT2D eigenvalue weighted by Crippen LogP contribution is 2.21. The number of hydrogen-bond acceptors (Lipinski definition) is 3. The quantitative estimate of drug-likeness (QED) is 0.857. The van der Waals surface area contributed by atoms with E-state index in [4.69, 9.17) is 0 Å². The summed E-state index contributed by atoms with van der Waals surface area (Å²) < 4.78 is 38.4. The number of hydrogen-bond donors (Lipinski definition) is 1. The maximum Gasteiger partial charge on any atom is 0.243 e. The van der Waals surface area contributed by atoms with Crippen molar-refractivity contribution < 1.29 is 17.6 Å². The van der Waals surface area contributed by atoms with Crippen LogP contribution in [0.5, 0.6) is 0 Å². The van der Waals surface area contributed by atoms with Crippen molar-refractivity contribution in [2.75, 3.05) is 10.6 Å². The highest BCUT2D eigenvalue weighted by molar-refractivity contribution is 7.92. The van der Waals surface area contributed by atoms with Crippen molar-refractivity contribution in [1.29, 1.82) is 0 Å². The summed E-state index contributed by atoms with van der Waals surface area (Å²) in [6, 6.07) is 11.7. The molecule has 5 nitrogen and oxygen atoms in total. The summed E-state index contributed by atoms with van der Waals surface area (Å²) in [4.78, 5) is 12.4. The molecule has 2 aromatic carbocycles. The lowest BCUT2D eigenvalue weighted by Crippen LogP contribution is -2.47. The van der Waals surface area contributed by atoms with E-state index < -0.39 is 22.0 Å². The van der Waals surface area contributed by atoms with Gasteiger partial charge >= 0.3 is 0 Å². The Hall–Kier alpha value is -2.41. The van der Waals surface area contributed by atoms with Crippen LogP contribution in [-0.2, 0) is 21.4 Å². The standard InChI is InChI=1S/C18H21FN2O3S/c1-13-4-10-17(11-5-13)21(25(3,23)24)14(2)18(22)20-12-15-6-8-16(19)9-7-15/h4-11,14H,12H2,1-3H3,(H,20,22)/t14-/m1/s1. The van der Waals surface area contributed by atoms with E-state index in [0.717, 1.165) is 21.7 Å². The molecule has 0 spiro atoms. The minimum absolute atomic E-state index is 0.189. The molecule has 0 aliphatic heterocycles. The number of carbonyl (C=O) groups is 1. The Bertz CT molecular complexity index is 834. The third-order valence-corrected chi connectivity index (χ3v) is 5.00. The third kappa shape index (κ3) is 5.03. The zero-order chi connectivity index (χ0) is 18.6. The number of aryl methyl sites for hydroxylation is 1. The number of anilines is 1. The smallest absolute Gasteiger partial charge is 0.243 e. The highest BCUT2D eigenvalue weighted by Gasteiger charge is 2.28. The topological polar surface area (TPSA) is 66.5 Å². The number of carbonyl (C=O) groups excluding carboxylic acids is 1. The van der Waals surface area contributed by atoms with Crippen molar-refractivity contribution in [1.82, 2.24) is 5.32 Å². The Morgan fingerprint density at radius 1 is 1.12 bits per heavy atom. The van der Waals surface area contributed by atoms with Gasteiger partial charge in [-0.25, -0.2) is 12.8 Å². The minimum Gasteiger partial charge on any atom is -0.350 e. The predicted octanol–water partition coefficient (Wildman–Crippen LogP) is 2.61. The maximum absolute atomic E-state index is 12.9. The first kappa shape index (κ1) is 18.9. The Morgan fingerprint density at radius 3 is 2.20 bits per heavy atom. The summed E-state index contributed by atoms with van der Waals surface area (Å²) in [6.45, 7) is 3.61. The highest BCUT2D eigenvalue weighted by atomic mass is 32.2. The molecule has 2 rings (SSSR count). The lowest BCUT2D eigenvalue weighted by atomic mass is 10.2. The lowest BCUT2D eigenvalue weighted by molar-refractivity contribution is -0.122. The van der Waals surface area contributed by atoms with Crippen molar-refractivity contribution in [3.05, 3.63) is 65.5 Å². The molecule has 0 saturated carbocycles.